The highest BCUT2D eigenvalue weighted by Crippen LogP contribution is 2.16. The number of aliphatic hydroxyl groups is 2. The second kappa shape index (κ2) is 8.07. The molecule has 108 valence electrons. The van der Waals surface area contributed by atoms with Gasteiger partial charge in [-0.1, -0.05) is 6.92 Å². The normalized spacial score (nSPS) is 29.2. The molecule has 0 bridgehead atoms. The van der Waals surface area contributed by atoms with E-state index in [2.05, 4.69) is 4.90 Å². The Hall–Kier alpha value is -0.200. The van der Waals surface area contributed by atoms with Crippen molar-refractivity contribution in [3.8, 4) is 0 Å². The van der Waals surface area contributed by atoms with Crippen LogP contribution in [-0.4, -0.2) is 73.4 Å². The van der Waals surface area contributed by atoms with Crippen molar-refractivity contribution < 1.29 is 19.7 Å². The Morgan fingerprint density at radius 2 is 2.11 bits per heavy atom. The molecule has 0 spiro atoms. The molecule has 0 aromatic rings. The Morgan fingerprint density at radius 3 is 2.72 bits per heavy atom. The van der Waals surface area contributed by atoms with Crippen molar-refractivity contribution >= 4 is 0 Å². The van der Waals surface area contributed by atoms with E-state index in [9.17, 15) is 10.2 Å². The molecular formula is C13H27NO4. The van der Waals surface area contributed by atoms with Gasteiger partial charge in [-0.05, 0) is 19.3 Å². The predicted octanol–water partition coefficient (Wildman–Crippen LogP) is 0.102. The van der Waals surface area contributed by atoms with Gasteiger partial charge in [0.25, 0.3) is 0 Å². The highest BCUT2D eigenvalue weighted by molar-refractivity contribution is 4.78. The molecule has 1 aliphatic heterocycles. The Labute approximate surface area is 110 Å². The van der Waals surface area contributed by atoms with Gasteiger partial charge in [0.1, 0.15) is 0 Å². The number of rotatable bonds is 7. The van der Waals surface area contributed by atoms with Crippen molar-refractivity contribution in [3.05, 3.63) is 0 Å². The van der Waals surface area contributed by atoms with Gasteiger partial charge in [-0.3, -0.25) is 0 Å². The summed E-state index contributed by atoms with van der Waals surface area (Å²) in [6.45, 7) is 7.13. The molecule has 5 heteroatoms. The number of hydrogen-bond donors (Lipinski definition) is 2. The molecule has 1 rings (SSSR count). The van der Waals surface area contributed by atoms with Gasteiger partial charge in [0.05, 0.1) is 31.5 Å². The van der Waals surface area contributed by atoms with Crippen molar-refractivity contribution in [2.75, 3.05) is 40.0 Å². The van der Waals surface area contributed by atoms with Gasteiger partial charge in [0, 0.05) is 26.7 Å². The lowest BCUT2D eigenvalue weighted by Crippen LogP contribution is -2.45. The number of piperidine rings is 1. The summed E-state index contributed by atoms with van der Waals surface area (Å²) in [5.41, 5.74) is 0. The number of hydrogen-bond acceptors (Lipinski definition) is 5. The molecule has 0 amide bonds. The summed E-state index contributed by atoms with van der Waals surface area (Å²) in [6.07, 6.45) is 0.115. The predicted molar refractivity (Wildman–Crippen MR) is 69.5 cm³/mol. The molecule has 0 saturated carbocycles. The van der Waals surface area contributed by atoms with Crippen LogP contribution in [0.1, 0.15) is 20.3 Å². The molecule has 1 aliphatic rings. The highest BCUT2D eigenvalue weighted by atomic mass is 16.5. The standard InChI is InChI=1S/C13H27NO4/c1-10-6-14(5-4-13(10)16)7-12(15)9-18-11(2)8-17-3/h10-13,15-16H,4-9H2,1-3H3. The van der Waals surface area contributed by atoms with Crippen LogP contribution < -0.4 is 0 Å². The van der Waals surface area contributed by atoms with E-state index in [4.69, 9.17) is 9.47 Å². The minimum absolute atomic E-state index is 0.00625. The summed E-state index contributed by atoms with van der Waals surface area (Å²) in [5, 5.41) is 19.5. The minimum Gasteiger partial charge on any atom is -0.393 e. The van der Waals surface area contributed by atoms with Crippen molar-refractivity contribution in [1.29, 1.82) is 0 Å². The Morgan fingerprint density at radius 1 is 1.39 bits per heavy atom. The summed E-state index contributed by atoms with van der Waals surface area (Å²) in [4.78, 5) is 2.19. The molecular weight excluding hydrogens is 234 g/mol. The van der Waals surface area contributed by atoms with Crippen molar-refractivity contribution in [2.45, 2.75) is 38.6 Å². The Bertz CT molecular complexity index is 227. The van der Waals surface area contributed by atoms with Crippen molar-refractivity contribution in [1.82, 2.24) is 4.90 Å². The quantitative estimate of drug-likeness (QED) is 0.681. The van der Waals surface area contributed by atoms with Crippen LogP contribution in [-0.2, 0) is 9.47 Å². The minimum atomic E-state index is -0.480. The zero-order valence-corrected chi connectivity index (χ0v) is 11.7. The Balaban J connectivity index is 2.17. The van der Waals surface area contributed by atoms with Gasteiger partial charge in [-0.15, -0.1) is 0 Å². The van der Waals surface area contributed by atoms with E-state index in [-0.39, 0.29) is 18.1 Å². The first-order valence-electron chi connectivity index (χ1n) is 6.72. The second-order valence-electron chi connectivity index (χ2n) is 5.35. The number of aliphatic hydroxyl groups excluding tert-OH is 2. The van der Waals surface area contributed by atoms with Crippen molar-refractivity contribution in [3.63, 3.8) is 0 Å². The molecule has 1 heterocycles. The molecule has 18 heavy (non-hydrogen) atoms. The summed E-state index contributed by atoms with van der Waals surface area (Å²) >= 11 is 0. The topological polar surface area (TPSA) is 62.2 Å². The van der Waals surface area contributed by atoms with Crippen LogP contribution in [0.4, 0.5) is 0 Å². The zero-order valence-electron chi connectivity index (χ0n) is 11.7. The second-order valence-corrected chi connectivity index (χ2v) is 5.35. The van der Waals surface area contributed by atoms with Crippen LogP contribution in [0.3, 0.4) is 0 Å². The van der Waals surface area contributed by atoms with E-state index >= 15 is 0 Å². The molecule has 5 nitrogen and oxygen atoms in total. The monoisotopic (exact) mass is 261 g/mol. The first-order chi connectivity index (χ1) is 8.52. The first-order valence-corrected chi connectivity index (χ1v) is 6.72. The average Bonchev–Trinajstić information content (AvgIpc) is 2.32. The number of nitrogens with zero attached hydrogens (tertiary/aromatic N) is 1. The maximum atomic E-state index is 9.90. The molecule has 2 N–H and O–H groups in total. The summed E-state index contributed by atoms with van der Waals surface area (Å²) < 4.78 is 10.4. The molecule has 0 radical (unpaired) electrons. The first kappa shape index (κ1) is 15.9. The zero-order chi connectivity index (χ0) is 13.5. The van der Waals surface area contributed by atoms with E-state index in [0.717, 1.165) is 19.5 Å². The van der Waals surface area contributed by atoms with E-state index in [0.29, 0.717) is 19.8 Å². The molecule has 0 aliphatic carbocycles. The third-order valence-electron chi connectivity index (χ3n) is 3.39. The fourth-order valence-corrected chi connectivity index (χ4v) is 2.29. The number of β-amino-alcohol motifs (C(OH)–C–C–N with tert-alkyl or cyclic N) is 1. The maximum Gasteiger partial charge on any atom is 0.0900 e. The third-order valence-corrected chi connectivity index (χ3v) is 3.39. The van der Waals surface area contributed by atoms with Crippen LogP contribution in [0.5, 0.6) is 0 Å². The van der Waals surface area contributed by atoms with E-state index in [1.54, 1.807) is 7.11 Å². The van der Waals surface area contributed by atoms with Crippen LogP contribution >= 0.6 is 0 Å². The van der Waals surface area contributed by atoms with E-state index < -0.39 is 6.10 Å². The van der Waals surface area contributed by atoms with Gasteiger partial charge in [0.15, 0.2) is 0 Å². The molecule has 1 saturated heterocycles. The van der Waals surface area contributed by atoms with Gasteiger partial charge >= 0.3 is 0 Å². The van der Waals surface area contributed by atoms with Crippen LogP contribution in [0, 0.1) is 5.92 Å². The third kappa shape index (κ3) is 5.63. The lowest BCUT2D eigenvalue weighted by molar-refractivity contribution is -0.0480. The van der Waals surface area contributed by atoms with Crippen LogP contribution in [0.2, 0.25) is 0 Å². The summed E-state index contributed by atoms with van der Waals surface area (Å²) in [5.74, 6) is 0.277. The SMILES string of the molecule is COCC(C)OCC(O)CN1CCC(O)C(C)C1. The summed E-state index contributed by atoms with van der Waals surface area (Å²) in [6, 6.07) is 0. The van der Waals surface area contributed by atoms with Crippen LogP contribution in [0.15, 0.2) is 0 Å². The fraction of sp³-hybridized carbons (Fsp3) is 1.00. The maximum absolute atomic E-state index is 9.90. The number of likely N-dealkylation sites (tertiary alicyclic amines) is 1. The van der Waals surface area contributed by atoms with Gasteiger partial charge in [-0.25, -0.2) is 0 Å². The highest BCUT2D eigenvalue weighted by Gasteiger charge is 2.25. The van der Waals surface area contributed by atoms with Gasteiger partial charge in [-0.2, -0.15) is 0 Å². The fourth-order valence-electron chi connectivity index (χ4n) is 2.29. The lowest BCUT2D eigenvalue weighted by atomic mass is 9.96. The largest absolute Gasteiger partial charge is 0.393 e. The number of ether oxygens (including phenoxy) is 2. The smallest absolute Gasteiger partial charge is 0.0900 e. The molecule has 0 aromatic carbocycles. The average molecular weight is 261 g/mol. The Kier molecular flexibility index (Phi) is 7.11. The van der Waals surface area contributed by atoms with Crippen molar-refractivity contribution in [2.24, 2.45) is 5.92 Å². The van der Waals surface area contributed by atoms with Gasteiger partial charge < -0.3 is 24.6 Å². The van der Waals surface area contributed by atoms with E-state index in [1.165, 1.54) is 0 Å². The molecule has 0 aromatic heterocycles. The van der Waals surface area contributed by atoms with Crippen LogP contribution in [0.25, 0.3) is 0 Å². The molecule has 4 atom stereocenters. The van der Waals surface area contributed by atoms with E-state index in [1.807, 2.05) is 13.8 Å². The molecule has 4 unspecified atom stereocenters. The molecule has 1 fully saturated rings. The number of methoxy groups -OCH3 is 1. The summed E-state index contributed by atoms with van der Waals surface area (Å²) in [7, 11) is 1.64. The van der Waals surface area contributed by atoms with Gasteiger partial charge in [0.2, 0.25) is 0 Å². The lowest BCUT2D eigenvalue weighted by Gasteiger charge is -2.35.